The highest BCUT2D eigenvalue weighted by molar-refractivity contribution is 7.99. The maximum atomic E-state index is 15.1. The molecule has 0 radical (unpaired) electrons. The first kappa shape index (κ1) is 49.8. The van der Waals surface area contributed by atoms with Crippen LogP contribution in [0.15, 0.2) is 163 Å². The van der Waals surface area contributed by atoms with E-state index in [1.807, 2.05) is 48.5 Å². The predicted molar refractivity (Wildman–Crippen MR) is 262 cm³/mol. The largest absolute Gasteiger partial charge is 0.527 e. The molecule has 4 atom stereocenters. The number of thioether (sulfide) groups is 1. The third-order valence-corrected chi connectivity index (χ3v) is 12.6. The van der Waals surface area contributed by atoms with Crippen molar-refractivity contribution in [1.82, 2.24) is 16.2 Å². The molecule has 1 aliphatic heterocycles. The van der Waals surface area contributed by atoms with Gasteiger partial charge in [-0.05, 0) is 117 Å². The number of carbonyl (C=O) groups excluding carboxylic acids is 4. The number of rotatable bonds is 18. The fourth-order valence-electron chi connectivity index (χ4n) is 7.06. The lowest BCUT2D eigenvalue weighted by atomic mass is 10.0. The molecule has 6 aromatic rings. The number of nitrogens with zero attached hydrogens (tertiary/aromatic N) is 1. The number of hydrogen-bond donors (Lipinski definition) is 5. The van der Waals surface area contributed by atoms with Crippen molar-refractivity contribution >= 4 is 54.8 Å². The number of phosphoric ester groups is 1. The van der Waals surface area contributed by atoms with Gasteiger partial charge in [0.15, 0.2) is 0 Å². The van der Waals surface area contributed by atoms with Crippen LogP contribution in [0.25, 0.3) is 0 Å². The van der Waals surface area contributed by atoms with Crippen LogP contribution in [0.1, 0.15) is 42.7 Å². The van der Waals surface area contributed by atoms with Gasteiger partial charge in [-0.15, -0.1) is 11.8 Å². The lowest BCUT2D eigenvalue weighted by Crippen LogP contribution is -2.58. The molecule has 0 bridgehead atoms. The number of ether oxygens (including phenoxy) is 3. The van der Waals surface area contributed by atoms with E-state index in [4.69, 9.17) is 23.3 Å². The van der Waals surface area contributed by atoms with E-state index in [1.165, 1.54) is 28.8 Å². The van der Waals surface area contributed by atoms with E-state index < -0.39 is 61.1 Å². The van der Waals surface area contributed by atoms with Gasteiger partial charge in [-0.25, -0.2) is 14.8 Å². The smallest absolute Gasteiger partial charge is 0.497 e. The molecule has 69 heavy (non-hydrogen) atoms. The molecule has 0 fully saturated rings. The van der Waals surface area contributed by atoms with Crippen molar-refractivity contribution in [2.75, 3.05) is 23.9 Å². The second-order valence-electron chi connectivity index (χ2n) is 16.7. The van der Waals surface area contributed by atoms with E-state index in [-0.39, 0.29) is 18.8 Å². The number of amides is 4. The van der Waals surface area contributed by atoms with Crippen LogP contribution in [-0.2, 0) is 41.2 Å². The Labute approximate surface area is 404 Å². The molecule has 4 amide bonds. The molecule has 5 N–H and O–H groups in total. The highest BCUT2D eigenvalue weighted by Crippen LogP contribution is 2.47. The Kier molecular flexibility index (Phi) is 16.4. The Hall–Kier alpha value is -7.14. The highest BCUT2D eigenvalue weighted by atomic mass is 32.2. The average molecular weight is 974 g/mol. The number of phosphoric acid groups is 1. The van der Waals surface area contributed by atoms with Crippen LogP contribution >= 0.6 is 19.6 Å². The summed E-state index contributed by atoms with van der Waals surface area (Å²) in [6, 6.07) is 42.8. The quantitative estimate of drug-likeness (QED) is 0.0403. The van der Waals surface area contributed by atoms with Crippen LogP contribution in [-0.4, -0.2) is 60.0 Å². The molecule has 0 saturated heterocycles. The molecule has 0 spiro atoms. The average Bonchev–Trinajstić information content (AvgIpc) is 3.44. The summed E-state index contributed by atoms with van der Waals surface area (Å²) >= 11 is 1.34. The summed E-state index contributed by atoms with van der Waals surface area (Å²) in [6.07, 6.45) is -0.923. The van der Waals surface area contributed by atoms with Crippen LogP contribution in [0, 0.1) is 0 Å². The zero-order valence-corrected chi connectivity index (χ0v) is 39.9. The second kappa shape index (κ2) is 22.8. The Bertz CT molecular complexity index is 2750. The van der Waals surface area contributed by atoms with Gasteiger partial charge < -0.3 is 34.3 Å². The number of hydrogen-bond acceptors (Lipinski definition) is 12. The summed E-state index contributed by atoms with van der Waals surface area (Å²) in [5.74, 6) is 0.0658. The molecule has 1 heterocycles. The van der Waals surface area contributed by atoms with E-state index >= 15 is 4.79 Å². The topological polar surface area (TPSA) is 203 Å². The van der Waals surface area contributed by atoms with Crippen molar-refractivity contribution < 1.29 is 51.9 Å². The van der Waals surface area contributed by atoms with Crippen molar-refractivity contribution in [3.63, 3.8) is 0 Å². The zero-order valence-electron chi connectivity index (χ0n) is 38.2. The molecule has 1 aliphatic rings. The summed E-state index contributed by atoms with van der Waals surface area (Å²) in [5, 5.41) is 5.12. The number of fused-ring (bicyclic) bond motifs is 1. The second-order valence-corrected chi connectivity index (χ2v) is 19.2. The van der Waals surface area contributed by atoms with Crippen molar-refractivity contribution in [3.05, 3.63) is 174 Å². The lowest BCUT2D eigenvalue weighted by molar-refractivity contribution is -0.129. The van der Waals surface area contributed by atoms with Gasteiger partial charge in [0.2, 0.25) is 11.8 Å². The summed E-state index contributed by atoms with van der Waals surface area (Å²) in [7, 11) is -2.98. The van der Waals surface area contributed by atoms with Gasteiger partial charge in [-0.1, -0.05) is 84.9 Å². The van der Waals surface area contributed by atoms with Crippen LogP contribution in [0.2, 0.25) is 0 Å². The van der Waals surface area contributed by atoms with Gasteiger partial charge in [0.05, 0.1) is 24.7 Å². The maximum absolute atomic E-state index is 15.1. The first-order valence-corrected chi connectivity index (χ1v) is 24.2. The van der Waals surface area contributed by atoms with E-state index in [0.29, 0.717) is 50.2 Å². The summed E-state index contributed by atoms with van der Waals surface area (Å²) < 4.78 is 40.0. The zero-order chi connectivity index (χ0) is 49.0. The number of nitrogens with one attached hydrogen (secondary N) is 4. The standard InChI is InChI=1S/C51H52N5O11PS/c1-51(2,3)66-50(60)55-54-42(31-34-19-25-41(26-20-34)67-68(61,62)64-33-35-13-7-5-8-14-35)48(58)53-46-47(36-21-27-38(63-4)28-22-36)69-44-18-12-11-17-43(44)56(49(46)59)32-45(57)52-37-23-29-40(30-24-37)65-39-15-9-6-10-16-39/h5-30,42,46-47,54H,31-33H2,1-4H3,(H,52,57)(H,53,58)(H,55,60)(H,61,62)/t42-,46+,47+/m0/s1. The Morgan fingerprint density at radius 2 is 1.36 bits per heavy atom. The number of para-hydroxylation sites is 2. The number of benzene rings is 6. The number of anilines is 2. The molecular formula is C51H52N5O11PS. The normalized spacial score (nSPS) is 15.8. The SMILES string of the molecule is COc1ccc([C@H]2Sc3ccccc3N(CC(=O)Nc3ccc(Oc4ccccc4)cc3)C(=O)[C@@H]2NC(=O)[C@H](Cc2ccc(OP(=O)(O)OCc3ccccc3)cc2)NNC(=O)OC(C)(C)C)cc1. The molecule has 0 aromatic heterocycles. The minimum atomic E-state index is -4.52. The molecule has 18 heteroatoms. The monoisotopic (exact) mass is 973 g/mol. The molecule has 7 rings (SSSR count). The Morgan fingerprint density at radius 3 is 2.03 bits per heavy atom. The molecule has 358 valence electrons. The number of methoxy groups -OCH3 is 1. The third-order valence-electron chi connectivity index (χ3n) is 10.3. The van der Waals surface area contributed by atoms with Crippen LogP contribution in [0.3, 0.4) is 0 Å². The van der Waals surface area contributed by atoms with Crippen molar-refractivity contribution in [3.8, 4) is 23.0 Å². The molecule has 0 saturated carbocycles. The minimum absolute atomic E-state index is 0.0275. The summed E-state index contributed by atoms with van der Waals surface area (Å²) in [4.78, 5) is 69.1. The molecular weight excluding hydrogens is 922 g/mol. The van der Waals surface area contributed by atoms with Crippen LogP contribution in [0.5, 0.6) is 23.0 Å². The minimum Gasteiger partial charge on any atom is -0.497 e. The van der Waals surface area contributed by atoms with E-state index in [9.17, 15) is 23.8 Å². The van der Waals surface area contributed by atoms with Gasteiger partial charge in [0.25, 0.3) is 5.91 Å². The van der Waals surface area contributed by atoms with Gasteiger partial charge in [-0.2, -0.15) is 0 Å². The van der Waals surface area contributed by atoms with Gasteiger partial charge in [-0.3, -0.25) is 29.2 Å². The first-order valence-electron chi connectivity index (χ1n) is 21.8. The summed E-state index contributed by atoms with van der Waals surface area (Å²) in [6.45, 7) is 4.51. The molecule has 6 aromatic carbocycles. The number of carbonyl (C=O) groups is 4. The summed E-state index contributed by atoms with van der Waals surface area (Å²) in [5.41, 5.74) is 7.20. The third kappa shape index (κ3) is 14.4. The van der Waals surface area contributed by atoms with E-state index in [2.05, 4.69) is 21.5 Å². The van der Waals surface area contributed by atoms with Gasteiger partial charge in [0.1, 0.15) is 47.2 Å². The lowest BCUT2D eigenvalue weighted by Gasteiger charge is -2.30. The van der Waals surface area contributed by atoms with Crippen molar-refractivity contribution in [2.45, 2.75) is 61.6 Å². The van der Waals surface area contributed by atoms with Crippen LogP contribution < -0.4 is 40.4 Å². The van der Waals surface area contributed by atoms with E-state index in [1.54, 1.807) is 125 Å². The van der Waals surface area contributed by atoms with E-state index in [0.717, 1.165) is 0 Å². The molecule has 16 nitrogen and oxygen atoms in total. The maximum Gasteiger partial charge on any atom is 0.527 e. The Morgan fingerprint density at radius 1 is 0.754 bits per heavy atom. The highest BCUT2D eigenvalue weighted by Gasteiger charge is 2.41. The van der Waals surface area contributed by atoms with Gasteiger partial charge >= 0.3 is 13.9 Å². The molecule has 1 unspecified atom stereocenters. The number of hydrazine groups is 1. The van der Waals surface area contributed by atoms with Crippen molar-refractivity contribution in [1.29, 1.82) is 0 Å². The van der Waals surface area contributed by atoms with Gasteiger partial charge in [0, 0.05) is 10.6 Å². The fraction of sp³-hybridized carbons (Fsp3) is 0.216. The molecule has 0 aliphatic carbocycles. The Balaban J connectivity index is 1.13. The first-order chi connectivity index (χ1) is 33.1. The fourth-order valence-corrected chi connectivity index (χ4v) is 9.15. The van der Waals surface area contributed by atoms with Crippen molar-refractivity contribution in [2.24, 2.45) is 0 Å². The van der Waals surface area contributed by atoms with Crippen LogP contribution in [0.4, 0.5) is 16.2 Å². The predicted octanol–water partition coefficient (Wildman–Crippen LogP) is 9.13.